The highest BCUT2D eigenvalue weighted by molar-refractivity contribution is 5.95. The average Bonchev–Trinajstić information content (AvgIpc) is 3.40. The van der Waals surface area contributed by atoms with Crippen molar-refractivity contribution in [2.45, 2.75) is 64.3 Å². The molecule has 0 radical (unpaired) electrons. The Kier molecular flexibility index (Phi) is 10.0. The van der Waals surface area contributed by atoms with Crippen molar-refractivity contribution >= 4 is 24.4 Å². The van der Waals surface area contributed by atoms with Crippen LogP contribution in [0.25, 0.3) is 0 Å². The van der Waals surface area contributed by atoms with E-state index in [1.807, 2.05) is 25.9 Å². The normalized spacial score (nSPS) is 24.3. The smallest absolute Gasteiger partial charge is 0.338 e. The Morgan fingerprint density at radius 2 is 1.84 bits per heavy atom. The van der Waals surface area contributed by atoms with Crippen LogP contribution in [0.4, 0.5) is 9.59 Å². The Hall–Kier alpha value is -2.04. The molecule has 182 valence electrons. The second-order valence-electron chi connectivity index (χ2n) is 9.58. The van der Waals surface area contributed by atoms with Gasteiger partial charge in [0, 0.05) is 19.4 Å². The maximum Gasteiger partial charge on any atom is 0.432 e. The van der Waals surface area contributed by atoms with Gasteiger partial charge in [0.1, 0.15) is 6.04 Å². The lowest BCUT2D eigenvalue weighted by Gasteiger charge is -2.36. The summed E-state index contributed by atoms with van der Waals surface area (Å²) in [7, 11) is 3.89. The first-order chi connectivity index (χ1) is 15.2. The van der Waals surface area contributed by atoms with Gasteiger partial charge in [-0.25, -0.2) is 24.8 Å². The van der Waals surface area contributed by atoms with E-state index >= 15 is 0 Å². The van der Waals surface area contributed by atoms with Crippen LogP contribution in [0.3, 0.4) is 0 Å². The van der Waals surface area contributed by atoms with E-state index in [2.05, 4.69) is 10.6 Å². The number of likely N-dealkylation sites (tertiary alicyclic amines) is 1. The zero-order chi connectivity index (χ0) is 23.7. The number of amides is 6. The largest absolute Gasteiger partial charge is 0.432 e. The lowest BCUT2D eigenvalue weighted by atomic mass is 9.91. The van der Waals surface area contributed by atoms with Gasteiger partial charge in [0.25, 0.3) is 0 Å². The van der Waals surface area contributed by atoms with Crippen LogP contribution in [0.1, 0.15) is 58.3 Å². The Labute approximate surface area is 190 Å². The van der Waals surface area contributed by atoms with Gasteiger partial charge in [0.05, 0.1) is 19.0 Å². The molecule has 10 nitrogen and oxygen atoms in total. The third kappa shape index (κ3) is 6.73. The predicted molar refractivity (Wildman–Crippen MR) is 119 cm³/mol. The van der Waals surface area contributed by atoms with Crippen molar-refractivity contribution < 1.29 is 28.9 Å². The molecule has 1 unspecified atom stereocenters. The standard InChI is InChI=1S/C22H39N5O5/c1-17-8-6-13-27(17,22(31)24-21(30)23-11-7-12-25(2)3)20(29)19(15-26(32)16-28)14-18-9-4-5-10-18/h16-19,32H,4-15H2,1-3H3,(H-,23,24,30,31)/p+1/t17-,19-,27?/m1/s1. The highest BCUT2D eigenvalue weighted by Crippen LogP contribution is 2.35. The fraction of sp³-hybridized carbons (Fsp3) is 0.818. The summed E-state index contributed by atoms with van der Waals surface area (Å²) in [5.41, 5.74) is 0. The summed E-state index contributed by atoms with van der Waals surface area (Å²) in [5, 5.41) is 15.4. The quantitative estimate of drug-likeness (QED) is 0.153. The van der Waals surface area contributed by atoms with Crippen molar-refractivity contribution in [3.63, 3.8) is 0 Å². The lowest BCUT2D eigenvalue weighted by Crippen LogP contribution is -2.66. The first kappa shape index (κ1) is 26.2. The molecule has 3 atom stereocenters. The predicted octanol–water partition coefficient (Wildman–Crippen LogP) is 1.93. The minimum atomic E-state index is -0.664. The zero-order valence-corrected chi connectivity index (χ0v) is 19.7. The van der Waals surface area contributed by atoms with E-state index < -0.39 is 22.5 Å². The molecule has 2 fully saturated rings. The van der Waals surface area contributed by atoms with E-state index in [-0.39, 0.29) is 24.9 Å². The third-order valence-electron chi connectivity index (χ3n) is 6.90. The van der Waals surface area contributed by atoms with Crippen molar-refractivity contribution in [1.29, 1.82) is 0 Å². The van der Waals surface area contributed by atoms with Crippen LogP contribution in [0.5, 0.6) is 0 Å². The molecule has 0 bridgehead atoms. The fourth-order valence-electron chi connectivity index (χ4n) is 5.14. The van der Waals surface area contributed by atoms with Crippen molar-refractivity contribution in [3.8, 4) is 0 Å². The van der Waals surface area contributed by atoms with Gasteiger partial charge in [-0.2, -0.15) is 4.48 Å². The monoisotopic (exact) mass is 454 g/mol. The second-order valence-corrected chi connectivity index (χ2v) is 9.58. The van der Waals surface area contributed by atoms with E-state index in [1.165, 1.54) is 0 Å². The first-order valence-corrected chi connectivity index (χ1v) is 11.8. The molecule has 0 spiro atoms. The molecule has 3 N–H and O–H groups in total. The zero-order valence-electron chi connectivity index (χ0n) is 19.7. The van der Waals surface area contributed by atoms with E-state index in [1.54, 1.807) is 0 Å². The molecular formula is C22H40N5O5+. The summed E-state index contributed by atoms with van der Waals surface area (Å²) < 4.78 is -0.463. The van der Waals surface area contributed by atoms with E-state index in [0.717, 1.165) is 38.6 Å². The Balaban J connectivity index is 2.13. The molecule has 2 rings (SSSR count). The molecule has 1 heterocycles. The molecule has 0 aromatic rings. The van der Waals surface area contributed by atoms with Crippen LogP contribution in [0, 0.1) is 11.8 Å². The van der Waals surface area contributed by atoms with E-state index in [4.69, 9.17) is 0 Å². The third-order valence-corrected chi connectivity index (χ3v) is 6.90. The summed E-state index contributed by atoms with van der Waals surface area (Å²) in [6, 6.07) is -1.52. The van der Waals surface area contributed by atoms with Gasteiger partial charge in [-0.3, -0.25) is 10.0 Å². The molecule has 6 amide bonds. The summed E-state index contributed by atoms with van der Waals surface area (Å²) in [6.07, 6.45) is 7.16. The number of hydrogen-bond acceptors (Lipinski definition) is 6. The lowest BCUT2D eigenvalue weighted by molar-refractivity contribution is -0.786. The maximum atomic E-state index is 13.8. The number of nitrogens with one attached hydrogen (secondary N) is 2. The molecule has 1 saturated carbocycles. The summed E-state index contributed by atoms with van der Waals surface area (Å²) in [6.45, 7) is 3.25. The van der Waals surface area contributed by atoms with Gasteiger partial charge in [-0.1, -0.05) is 25.7 Å². The number of quaternary nitrogens is 1. The Morgan fingerprint density at radius 1 is 1.16 bits per heavy atom. The number of urea groups is 2. The van der Waals surface area contributed by atoms with Crippen molar-refractivity contribution in [3.05, 3.63) is 0 Å². The Bertz CT molecular complexity index is 667. The molecule has 0 aromatic heterocycles. The number of hydroxylamine groups is 2. The van der Waals surface area contributed by atoms with Gasteiger partial charge in [-0.15, -0.1) is 0 Å². The molecule has 1 aliphatic carbocycles. The molecule has 0 aromatic carbocycles. The van der Waals surface area contributed by atoms with Crippen molar-refractivity contribution in [2.75, 3.05) is 40.3 Å². The molecule has 2 aliphatic rings. The number of carbonyl (C=O) groups excluding carboxylic acids is 4. The highest BCUT2D eigenvalue weighted by Gasteiger charge is 2.55. The van der Waals surface area contributed by atoms with Crippen LogP contribution in [-0.2, 0) is 9.59 Å². The van der Waals surface area contributed by atoms with E-state index in [0.29, 0.717) is 43.3 Å². The van der Waals surface area contributed by atoms with Gasteiger partial charge in [-0.05, 0) is 46.3 Å². The van der Waals surface area contributed by atoms with Crippen LogP contribution in [0.15, 0.2) is 0 Å². The SMILES string of the molecule is C[C@@H]1CCC[N+]1(C(=O)NC(=O)NCCCN(C)C)C(=O)[C@H](CC1CCCC1)CN(O)C=O. The van der Waals surface area contributed by atoms with Gasteiger partial charge >= 0.3 is 18.0 Å². The highest BCUT2D eigenvalue weighted by atomic mass is 16.5. The number of rotatable bonds is 10. The van der Waals surface area contributed by atoms with E-state index in [9.17, 15) is 24.4 Å². The van der Waals surface area contributed by atoms with Crippen LogP contribution >= 0.6 is 0 Å². The number of hydrogen-bond donors (Lipinski definition) is 3. The number of imide groups is 2. The first-order valence-electron chi connectivity index (χ1n) is 11.8. The number of carbonyl (C=O) groups is 4. The maximum absolute atomic E-state index is 13.8. The van der Waals surface area contributed by atoms with Crippen LogP contribution in [-0.4, -0.2) is 90.3 Å². The van der Waals surface area contributed by atoms with Crippen molar-refractivity contribution in [2.24, 2.45) is 11.8 Å². The minimum absolute atomic E-state index is 0.143. The van der Waals surface area contributed by atoms with Crippen LogP contribution in [0.2, 0.25) is 0 Å². The molecule has 10 heteroatoms. The summed E-state index contributed by atoms with van der Waals surface area (Å²) in [4.78, 5) is 52.5. The van der Waals surface area contributed by atoms with Crippen molar-refractivity contribution in [1.82, 2.24) is 20.6 Å². The second kappa shape index (κ2) is 12.3. The topological polar surface area (TPSA) is 119 Å². The van der Waals surface area contributed by atoms with Gasteiger partial charge < -0.3 is 10.2 Å². The minimum Gasteiger partial charge on any atom is -0.338 e. The molecule has 1 aliphatic heterocycles. The van der Waals surface area contributed by atoms with Crippen LogP contribution < -0.4 is 10.6 Å². The molecular weight excluding hydrogens is 414 g/mol. The van der Waals surface area contributed by atoms with Gasteiger partial charge in [0.2, 0.25) is 6.41 Å². The molecule has 32 heavy (non-hydrogen) atoms. The molecule has 1 saturated heterocycles. The fourth-order valence-corrected chi connectivity index (χ4v) is 5.14. The summed E-state index contributed by atoms with van der Waals surface area (Å²) >= 11 is 0. The summed E-state index contributed by atoms with van der Waals surface area (Å²) in [5.74, 6) is -0.645. The Morgan fingerprint density at radius 3 is 2.41 bits per heavy atom. The average molecular weight is 455 g/mol. The number of nitrogens with zero attached hydrogens (tertiary/aromatic N) is 3. The van der Waals surface area contributed by atoms with Gasteiger partial charge in [0.15, 0.2) is 0 Å².